The second-order valence-corrected chi connectivity index (χ2v) is 20.5. The van der Waals surface area contributed by atoms with Gasteiger partial charge >= 0.3 is 6.09 Å². The lowest BCUT2D eigenvalue weighted by Crippen LogP contribution is -2.50. The summed E-state index contributed by atoms with van der Waals surface area (Å²) >= 11 is 0. The van der Waals surface area contributed by atoms with Gasteiger partial charge in [-0.25, -0.2) is 14.8 Å². The molecule has 7 heterocycles. The van der Waals surface area contributed by atoms with Crippen molar-refractivity contribution in [2.75, 3.05) is 69.5 Å². The number of imide groups is 1. The van der Waals surface area contributed by atoms with Crippen LogP contribution >= 0.6 is 0 Å². The molecule has 2 aromatic carbocycles. The van der Waals surface area contributed by atoms with Gasteiger partial charge < -0.3 is 24.4 Å². The van der Waals surface area contributed by atoms with Crippen LogP contribution in [0.4, 0.5) is 16.3 Å². The fraction of sp³-hybridized carbons (Fsp3) is 0.463. The molecule has 4 saturated heterocycles. The van der Waals surface area contributed by atoms with Crippen molar-refractivity contribution in [3.8, 4) is 11.1 Å². The van der Waals surface area contributed by atoms with Crippen molar-refractivity contribution in [1.29, 1.82) is 0 Å². The molecule has 4 aliphatic heterocycles. The minimum Gasteiger partial charge on any atom is -0.444 e. The van der Waals surface area contributed by atoms with E-state index >= 15 is 0 Å². The Morgan fingerprint density at radius 3 is 2.19 bits per heavy atom. The van der Waals surface area contributed by atoms with Crippen LogP contribution in [0, 0.1) is 12.8 Å². The molecule has 4 aliphatic rings. The second kappa shape index (κ2) is 20.7. The van der Waals surface area contributed by atoms with E-state index in [1.807, 2.05) is 86.2 Å². The van der Waals surface area contributed by atoms with Gasteiger partial charge in [-0.15, -0.1) is 0 Å². The van der Waals surface area contributed by atoms with Gasteiger partial charge in [0.1, 0.15) is 23.1 Å². The number of fused-ring (bicyclic) bond motifs is 1. The molecular weight excluding hydrogens is 885 g/mol. The number of nitrogens with one attached hydrogen (secondary N) is 3. The van der Waals surface area contributed by atoms with Crippen LogP contribution in [0.2, 0.25) is 0 Å². The summed E-state index contributed by atoms with van der Waals surface area (Å²) < 4.78 is 7.54. The van der Waals surface area contributed by atoms with Gasteiger partial charge in [-0.3, -0.25) is 39.6 Å². The molecule has 3 N–H and O–H groups in total. The van der Waals surface area contributed by atoms with E-state index in [2.05, 4.69) is 60.5 Å². The Morgan fingerprint density at radius 2 is 1.51 bits per heavy atom. The summed E-state index contributed by atoms with van der Waals surface area (Å²) in [7, 11) is 2.08. The van der Waals surface area contributed by atoms with Gasteiger partial charge in [0.15, 0.2) is 0 Å². The first-order chi connectivity index (χ1) is 33.6. The number of carbonyl (C=O) groups excluding carboxylic acids is 5. The van der Waals surface area contributed by atoms with Crippen LogP contribution in [0.25, 0.3) is 22.2 Å². The zero-order valence-corrected chi connectivity index (χ0v) is 41.1. The molecule has 0 aliphatic carbocycles. The minimum absolute atomic E-state index is 0.0215. The van der Waals surface area contributed by atoms with E-state index < -0.39 is 17.7 Å². The summed E-state index contributed by atoms with van der Waals surface area (Å²) in [6.07, 6.45) is 7.85. The van der Waals surface area contributed by atoms with E-state index in [-0.39, 0.29) is 23.6 Å². The average Bonchev–Trinajstić information content (AvgIpc) is 3.66. The van der Waals surface area contributed by atoms with Crippen LogP contribution in [-0.4, -0.2) is 134 Å². The summed E-state index contributed by atoms with van der Waals surface area (Å²) in [4.78, 5) is 81.3. The molecule has 5 amide bonds. The average molecular weight is 951 g/mol. The van der Waals surface area contributed by atoms with E-state index in [0.717, 1.165) is 117 Å². The molecule has 0 radical (unpaired) electrons. The Hall–Kier alpha value is -6.65. The molecule has 1 unspecified atom stereocenters. The van der Waals surface area contributed by atoms with Crippen molar-refractivity contribution in [3.63, 3.8) is 0 Å². The van der Waals surface area contributed by atoms with Gasteiger partial charge in [0, 0.05) is 112 Å². The predicted octanol–water partition coefficient (Wildman–Crippen LogP) is 7.20. The fourth-order valence-corrected chi connectivity index (χ4v) is 10.5. The molecule has 3 aromatic heterocycles. The first-order valence-corrected chi connectivity index (χ1v) is 24.9. The summed E-state index contributed by atoms with van der Waals surface area (Å²) in [5.41, 5.74) is 7.80. The first-order valence-electron chi connectivity index (χ1n) is 24.9. The number of piperidine rings is 3. The van der Waals surface area contributed by atoms with Gasteiger partial charge in [-0.05, 0) is 156 Å². The summed E-state index contributed by atoms with van der Waals surface area (Å²) in [6, 6.07) is 21.4. The maximum atomic E-state index is 13.7. The molecule has 16 nitrogen and oxygen atoms in total. The number of anilines is 2. The number of piperazine rings is 1. The first kappa shape index (κ1) is 48.4. The fourth-order valence-electron chi connectivity index (χ4n) is 10.5. The highest BCUT2D eigenvalue weighted by atomic mass is 16.6. The second-order valence-electron chi connectivity index (χ2n) is 20.5. The van der Waals surface area contributed by atoms with Crippen molar-refractivity contribution in [2.45, 2.75) is 90.3 Å². The molecule has 16 heteroatoms. The smallest absolute Gasteiger partial charge is 0.413 e. The van der Waals surface area contributed by atoms with Crippen LogP contribution in [0.15, 0.2) is 79.1 Å². The third-order valence-corrected chi connectivity index (χ3v) is 14.4. The van der Waals surface area contributed by atoms with Crippen molar-refractivity contribution < 1.29 is 28.7 Å². The number of aryl methyl sites for hydroxylation is 2. The topological polar surface area (TPSA) is 174 Å². The number of pyridine rings is 2. The van der Waals surface area contributed by atoms with Gasteiger partial charge in [0.05, 0.1) is 0 Å². The minimum atomic E-state index is -0.596. The third-order valence-electron chi connectivity index (χ3n) is 14.4. The van der Waals surface area contributed by atoms with E-state index in [9.17, 15) is 24.0 Å². The largest absolute Gasteiger partial charge is 0.444 e. The van der Waals surface area contributed by atoms with E-state index in [4.69, 9.17) is 9.72 Å². The van der Waals surface area contributed by atoms with Crippen LogP contribution in [0.3, 0.4) is 0 Å². The molecule has 70 heavy (non-hydrogen) atoms. The van der Waals surface area contributed by atoms with Crippen LogP contribution in [0.5, 0.6) is 0 Å². The predicted molar refractivity (Wildman–Crippen MR) is 269 cm³/mol. The Morgan fingerprint density at radius 1 is 0.786 bits per heavy atom. The third kappa shape index (κ3) is 11.3. The van der Waals surface area contributed by atoms with Crippen molar-refractivity contribution in [3.05, 3.63) is 107 Å². The molecule has 9 rings (SSSR count). The quantitative estimate of drug-likeness (QED) is 0.114. The van der Waals surface area contributed by atoms with Crippen molar-refractivity contribution >= 4 is 52.3 Å². The Labute approximate surface area is 410 Å². The Kier molecular flexibility index (Phi) is 14.3. The lowest BCUT2D eigenvalue weighted by molar-refractivity contribution is -0.133. The van der Waals surface area contributed by atoms with Crippen molar-refractivity contribution in [2.24, 2.45) is 13.0 Å². The van der Waals surface area contributed by atoms with Gasteiger partial charge in [0.2, 0.25) is 11.8 Å². The molecule has 1 atom stereocenters. The van der Waals surface area contributed by atoms with E-state index in [0.29, 0.717) is 49.1 Å². The Bertz CT molecular complexity index is 2720. The number of hydrogen-bond donors (Lipinski definition) is 3. The number of carbonyl (C=O) groups is 5. The number of ether oxygens (including phenoxy) is 1. The number of nitrogens with zero attached hydrogens (tertiary/aromatic N) is 7. The molecule has 0 bridgehead atoms. The monoisotopic (exact) mass is 951 g/mol. The highest BCUT2D eigenvalue weighted by Gasteiger charge is 2.30. The lowest BCUT2D eigenvalue weighted by Gasteiger charge is -2.39. The maximum Gasteiger partial charge on any atom is 0.413 e. The molecule has 5 aromatic rings. The summed E-state index contributed by atoms with van der Waals surface area (Å²) in [5, 5.41) is 9.34. The number of benzene rings is 2. The molecule has 368 valence electrons. The number of hydrogen-bond acceptors (Lipinski definition) is 11. The lowest BCUT2D eigenvalue weighted by atomic mass is 9.88. The Balaban J connectivity index is 0.700. The zero-order valence-electron chi connectivity index (χ0n) is 41.1. The molecular formula is C54H66N10O6. The number of amides is 5. The SMILES string of the molecule is Cc1cc(NC2CCC(=O)NC2=O)ccc1C(=O)N1CCN(CC2CCN(C(=O)c3ccc(C4CCN(Cc5cc6c(-c7ccc(NC(=O)OC(C)(C)C)nc7)ccnc6n5C)CC4)cc3)CC2)CC1. The number of rotatable bonds is 11. The summed E-state index contributed by atoms with van der Waals surface area (Å²) in [5.74, 6) is 0.949. The molecule has 0 saturated carbocycles. The highest BCUT2D eigenvalue weighted by molar-refractivity contribution is 6.02. The number of aromatic nitrogens is 3. The van der Waals surface area contributed by atoms with Crippen LogP contribution in [0.1, 0.15) is 103 Å². The summed E-state index contributed by atoms with van der Waals surface area (Å²) in [6.45, 7) is 15.6. The van der Waals surface area contributed by atoms with E-state index in [1.54, 1.807) is 12.3 Å². The zero-order chi connectivity index (χ0) is 49.1. The standard InChI is InChI=1S/C54H66N10O6/c1-35-30-41(57-46-13-15-48(65)59-50(46)66)11-12-43(35)52(68)64-28-26-62(27-29-64)33-36-17-24-63(25-18-36)51(67)39-8-6-37(7-9-39)38-19-22-61(23-20-38)34-42-31-45-44(16-21-55-49(45)60(42)5)40-10-14-47(56-32-40)58-53(69)70-54(2,3)4/h6-12,14,16,21,30-32,36,38,46,57H,13,15,17-20,22-29,33-34H2,1-5H3,(H,56,58,69)(H,59,65,66). The van der Waals surface area contributed by atoms with Gasteiger partial charge in [-0.2, -0.15) is 0 Å². The number of likely N-dealkylation sites (tertiary alicyclic amines) is 2. The van der Waals surface area contributed by atoms with Crippen molar-refractivity contribution in [1.82, 2.24) is 39.5 Å². The highest BCUT2D eigenvalue weighted by Crippen LogP contribution is 2.33. The molecule has 0 spiro atoms. The molecule has 4 fully saturated rings. The van der Waals surface area contributed by atoms with E-state index in [1.165, 1.54) is 11.3 Å². The maximum absolute atomic E-state index is 13.7. The normalized spacial score (nSPS) is 19.0. The van der Waals surface area contributed by atoms with Gasteiger partial charge in [-0.1, -0.05) is 12.1 Å². The van der Waals surface area contributed by atoms with Crippen LogP contribution < -0.4 is 16.0 Å². The van der Waals surface area contributed by atoms with Crippen LogP contribution in [-0.2, 0) is 27.9 Å². The van der Waals surface area contributed by atoms with Gasteiger partial charge in [0.25, 0.3) is 11.8 Å².